The average Bonchev–Trinajstić information content (AvgIpc) is 1.69. The molecule has 2 saturated carbocycles. The Morgan fingerprint density at radius 3 is 1.20 bits per heavy atom. The van der Waals surface area contributed by atoms with Crippen LogP contribution in [0.15, 0.2) is 81.6 Å². The molecule has 0 bridgehead atoms. The maximum absolute atomic E-state index is 13.7. The van der Waals surface area contributed by atoms with Crippen LogP contribution in [0.3, 0.4) is 0 Å². The van der Waals surface area contributed by atoms with Crippen molar-refractivity contribution in [1.82, 2.24) is 0 Å². The number of anilines is 2. The number of carbonyl (C=O) groups excluding carboxylic acids is 2. The number of ether oxygens (including phenoxy) is 6. The second-order valence-electron chi connectivity index (χ2n) is 23.2. The molecule has 87 heavy (non-hydrogen) atoms. The van der Waals surface area contributed by atoms with E-state index in [1.807, 2.05) is 12.1 Å². The average molecular weight is 1270 g/mol. The first-order chi connectivity index (χ1) is 41.4. The monoisotopic (exact) mass is 1270 g/mol. The molecule has 0 radical (unpaired) electrons. The molecule has 18 nitrogen and oxygen atoms in total. The summed E-state index contributed by atoms with van der Waals surface area (Å²) in [4.78, 5) is 26.2. The first kappa shape index (κ1) is 69.0. The van der Waals surface area contributed by atoms with Crippen molar-refractivity contribution in [3.05, 3.63) is 107 Å². The number of ketones is 2. The van der Waals surface area contributed by atoms with E-state index in [1.54, 1.807) is 50.2 Å². The van der Waals surface area contributed by atoms with Crippen LogP contribution in [0.1, 0.15) is 117 Å². The molecule has 0 amide bonds. The van der Waals surface area contributed by atoms with Gasteiger partial charge in [-0.3, -0.25) is 18.2 Å². The largest absolute Gasteiger partial charge is 0.455 e. The van der Waals surface area contributed by atoms with E-state index in [0.717, 1.165) is 43.1 Å². The van der Waals surface area contributed by atoms with E-state index in [1.165, 1.54) is 39.1 Å². The van der Waals surface area contributed by atoms with Gasteiger partial charge in [-0.05, 0) is 127 Å². The predicted octanol–water partition coefficient (Wildman–Crippen LogP) is 12.1. The zero-order chi connectivity index (χ0) is 63.1. The fraction of sp³-hybridized carbons (Fsp3) is 0.531. The number of hydrogen-bond donors (Lipinski definition) is 1. The molecular weight excluding hydrogens is 1180 g/mol. The van der Waals surface area contributed by atoms with Crippen LogP contribution in [0.4, 0.5) is 20.2 Å². The Kier molecular flexibility index (Phi) is 24.9. The molecule has 2 heterocycles. The van der Waals surface area contributed by atoms with E-state index in [9.17, 15) is 35.2 Å². The molecule has 1 N–H and O–H groups in total. The fourth-order valence-electron chi connectivity index (χ4n) is 9.63. The summed E-state index contributed by atoms with van der Waals surface area (Å²) in [6.07, 6.45) is 6.55. The molecule has 2 aromatic heterocycles. The van der Waals surface area contributed by atoms with Crippen LogP contribution < -0.4 is 8.61 Å². The van der Waals surface area contributed by atoms with E-state index in [2.05, 4.69) is 33.9 Å². The Hall–Kier alpha value is -5.44. The number of hydrogen-bond acceptors (Lipinski definition) is 16. The van der Waals surface area contributed by atoms with Gasteiger partial charge in [0.05, 0.1) is 141 Å². The number of sulfonamides is 2. The Bertz CT molecular complexity index is 3470. The Balaban J connectivity index is 0.000000252. The minimum atomic E-state index is -3.68. The normalized spacial score (nSPS) is 14.0. The summed E-state index contributed by atoms with van der Waals surface area (Å²) in [6, 6.07) is 18.7. The van der Waals surface area contributed by atoms with Crippen molar-refractivity contribution in [2.45, 2.75) is 103 Å². The lowest BCUT2D eigenvalue weighted by Gasteiger charge is -2.36. The molecule has 0 atom stereocenters. The SMILES string of the molecule is CCC(=O)c1c(-c2ccc(F)cc2)oc2cc(N(CCOCCOCCOCCO)S(C)(=O)=O)c(C3CC3)cc12.CCC(=O)c1c(-c2ccc(F)cc2)oc2cc(N(CCOCCOCCOCCO[Si](C)(C)C(C)(C)C)S(C)(=O)=O)c(C3CC3)cc12. The highest BCUT2D eigenvalue weighted by atomic mass is 32.2. The molecule has 23 heteroatoms. The summed E-state index contributed by atoms with van der Waals surface area (Å²) in [6.45, 7) is 19.3. The van der Waals surface area contributed by atoms with E-state index >= 15 is 0 Å². The lowest BCUT2D eigenvalue weighted by Crippen LogP contribution is -2.41. The van der Waals surface area contributed by atoms with Crippen molar-refractivity contribution in [2.75, 3.05) is 127 Å². The fourth-order valence-corrected chi connectivity index (χ4v) is 12.5. The maximum atomic E-state index is 13.7. The number of nitrogens with zero attached hydrogens (tertiary/aromatic N) is 2. The third kappa shape index (κ3) is 19.0. The van der Waals surface area contributed by atoms with Crippen molar-refractivity contribution >= 4 is 73.2 Å². The number of Topliss-reactive ketones (excluding diaryl/α,β-unsaturated/α-hetero) is 2. The molecule has 4 aromatic carbocycles. The van der Waals surface area contributed by atoms with E-state index in [0.29, 0.717) is 127 Å². The van der Waals surface area contributed by atoms with Gasteiger partial charge in [0.15, 0.2) is 19.9 Å². The van der Waals surface area contributed by atoms with Gasteiger partial charge in [-0.1, -0.05) is 34.6 Å². The minimum absolute atomic E-state index is 0.0390. The van der Waals surface area contributed by atoms with Crippen LogP contribution in [0.2, 0.25) is 18.1 Å². The van der Waals surface area contributed by atoms with Gasteiger partial charge < -0.3 is 46.8 Å². The first-order valence-electron chi connectivity index (χ1n) is 29.8. The number of aliphatic hydroxyl groups excluding tert-OH is 1. The van der Waals surface area contributed by atoms with Gasteiger partial charge in [-0.15, -0.1) is 0 Å². The number of benzene rings is 4. The van der Waals surface area contributed by atoms with Crippen LogP contribution >= 0.6 is 0 Å². The van der Waals surface area contributed by atoms with Gasteiger partial charge in [0.2, 0.25) is 20.0 Å². The highest BCUT2D eigenvalue weighted by molar-refractivity contribution is 7.92. The summed E-state index contributed by atoms with van der Waals surface area (Å²) in [7, 11) is -9.13. The zero-order valence-electron chi connectivity index (χ0n) is 51.7. The molecule has 2 aliphatic carbocycles. The number of aliphatic hydroxyl groups is 1. The quantitative estimate of drug-likeness (QED) is 0.0220. The third-order valence-electron chi connectivity index (χ3n) is 15.6. The first-order valence-corrected chi connectivity index (χ1v) is 36.4. The van der Waals surface area contributed by atoms with Gasteiger partial charge in [0, 0.05) is 46.9 Å². The number of halogens is 2. The lowest BCUT2D eigenvalue weighted by molar-refractivity contribution is 0.00897. The van der Waals surface area contributed by atoms with Gasteiger partial charge >= 0.3 is 0 Å². The van der Waals surface area contributed by atoms with Crippen LogP contribution in [0.25, 0.3) is 44.6 Å². The molecule has 2 aliphatic rings. The summed E-state index contributed by atoms with van der Waals surface area (Å²) in [5.41, 5.74) is 5.53. The maximum Gasteiger partial charge on any atom is 0.232 e. The molecule has 0 unspecified atom stereocenters. The molecule has 478 valence electrons. The summed E-state index contributed by atoms with van der Waals surface area (Å²) >= 11 is 0. The Morgan fingerprint density at radius 2 is 0.885 bits per heavy atom. The van der Waals surface area contributed by atoms with Gasteiger partial charge in [-0.2, -0.15) is 0 Å². The van der Waals surface area contributed by atoms with Crippen molar-refractivity contribution in [2.24, 2.45) is 0 Å². The Morgan fingerprint density at radius 1 is 0.552 bits per heavy atom. The van der Waals surface area contributed by atoms with Crippen molar-refractivity contribution in [3.8, 4) is 22.6 Å². The number of fused-ring (bicyclic) bond motifs is 2. The molecule has 0 spiro atoms. The van der Waals surface area contributed by atoms with Crippen molar-refractivity contribution < 1.29 is 82.0 Å². The van der Waals surface area contributed by atoms with Crippen LogP contribution in [0.5, 0.6) is 0 Å². The second-order valence-corrected chi connectivity index (χ2v) is 31.8. The van der Waals surface area contributed by atoms with Crippen LogP contribution in [-0.2, 0) is 52.9 Å². The predicted molar refractivity (Wildman–Crippen MR) is 336 cm³/mol. The van der Waals surface area contributed by atoms with Gasteiger partial charge in [-0.25, -0.2) is 25.6 Å². The molecule has 6 aromatic rings. The Labute approximate surface area is 511 Å². The number of rotatable bonds is 36. The number of carbonyl (C=O) groups is 2. The highest BCUT2D eigenvalue weighted by Gasteiger charge is 2.38. The lowest BCUT2D eigenvalue weighted by atomic mass is 9.97. The molecule has 0 saturated heterocycles. The second kappa shape index (κ2) is 31.3. The molecule has 2 fully saturated rings. The van der Waals surface area contributed by atoms with Crippen LogP contribution in [0, 0.1) is 11.6 Å². The molecular formula is C64H86F2N2O16S2Si. The van der Waals surface area contributed by atoms with Crippen molar-refractivity contribution in [1.29, 1.82) is 0 Å². The van der Waals surface area contributed by atoms with Gasteiger partial charge in [0.25, 0.3) is 0 Å². The van der Waals surface area contributed by atoms with E-state index in [-0.39, 0.29) is 87.4 Å². The van der Waals surface area contributed by atoms with E-state index in [4.69, 9.17) is 46.8 Å². The summed E-state index contributed by atoms with van der Waals surface area (Å²) in [5, 5.41) is 10.1. The van der Waals surface area contributed by atoms with Crippen molar-refractivity contribution in [3.63, 3.8) is 0 Å². The summed E-state index contributed by atoms with van der Waals surface area (Å²) < 4.78 is 134. The minimum Gasteiger partial charge on any atom is -0.455 e. The topological polar surface area (TPSA) is 220 Å². The number of furan rings is 2. The van der Waals surface area contributed by atoms with Crippen LogP contribution in [-0.4, -0.2) is 160 Å². The zero-order valence-corrected chi connectivity index (χ0v) is 54.3. The highest BCUT2D eigenvalue weighted by Crippen LogP contribution is 2.50. The molecule has 8 rings (SSSR count). The molecule has 0 aliphatic heterocycles. The smallest absolute Gasteiger partial charge is 0.232 e. The van der Waals surface area contributed by atoms with E-state index < -0.39 is 40.0 Å². The standard InChI is InChI=1S/C35H50FNO8SSi.C29H36FNO8S/c1-8-31(38)33-29-23-28(25-9-10-25)30(24-32(29)45-34(33)26-11-13-27(36)14-12-26)37(46(5,39)40)15-16-41-17-18-42-19-20-43-21-22-44-47(6,7)35(2,3)4;1-3-26(33)28-24-18-23(20-4-5-20)25(19-27(24)39-29(28)21-6-8-22(30)9-7-21)31(40(2,34)35)10-12-36-14-16-38-17-15-37-13-11-32/h11-14,23-25H,8-10,15-22H2,1-7H3;6-9,18-20,32H,3-5,10-17H2,1-2H3. The third-order valence-corrected chi connectivity index (χ3v) is 22.5. The van der Waals surface area contributed by atoms with Gasteiger partial charge in [0.1, 0.15) is 34.3 Å². The summed E-state index contributed by atoms with van der Waals surface area (Å²) in [5.74, 6) is 0.0603.